The second-order valence-corrected chi connectivity index (χ2v) is 7.07. The van der Waals surface area contributed by atoms with Crippen molar-refractivity contribution in [3.8, 4) is 0 Å². The summed E-state index contributed by atoms with van der Waals surface area (Å²) < 4.78 is 16.8. The Bertz CT molecular complexity index is 290. The third-order valence-corrected chi connectivity index (χ3v) is 5.39. The summed E-state index contributed by atoms with van der Waals surface area (Å²) in [5.74, 6) is 1.78. The molecule has 0 aromatic heterocycles. The van der Waals surface area contributed by atoms with Gasteiger partial charge >= 0.3 is 0 Å². The van der Waals surface area contributed by atoms with E-state index in [4.69, 9.17) is 14.2 Å². The van der Waals surface area contributed by atoms with Gasteiger partial charge in [-0.3, -0.25) is 0 Å². The van der Waals surface area contributed by atoms with E-state index in [1.54, 1.807) is 0 Å². The molecular weight excluding hydrogens is 252 g/mol. The SMILES string of the molecule is COC1CCCC(CC2CCCC(OCC3CO3)C2)C1. The van der Waals surface area contributed by atoms with E-state index < -0.39 is 0 Å². The fraction of sp³-hybridized carbons (Fsp3) is 1.00. The van der Waals surface area contributed by atoms with E-state index in [9.17, 15) is 0 Å². The van der Waals surface area contributed by atoms with Gasteiger partial charge in [-0.25, -0.2) is 0 Å². The lowest BCUT2D eigenvalue weighted by Gasteiger charge is -2.34. The molecule has 5 unspecified atom stereocenters. The normalized spacial score (nSPS) is 41.5. The van der Waals surface area contributed by atoms with Crippen molar-refractivity contribution in [2.45, 2.75) is 76.1 Å². The molecule has 20 heavy (non-hydrogen) atoms. The summed E-state index contributed by atoms with van der Waals surface area (Å²) >= 11 is 0. The van der Waals surface area contributed by atoms with Crippen molar-refractivity contribution >= 4 is 0 Å². The Labute approximate surface area is 123 Å². The minimum Gasteiger partial charge on any atom is -0.381 e. The molecule has 3 aliphatic rings. The summed E-state index contributed by atoms with van der Waals surface area (Å²) in [5.41, 5.74) is 0. The fourth-order valence-electron chi connectivity index (χ4n) is 4.16. The highest BCUT2D eigenvalue weighted by molar-refractivity contribution is 4.80. The van der Waals surface area contributed by atoms with Crippen LogP contribution in [0.5, 0.6) is 0 Å². The van der Waals surface area contributed by atoms with Crippen molar-refractivity contribution in [2.75, 3.05) is 20.3 Å². The lowest BCUT2D eigenvalue weighted by Crippen LogP contribution is -2.28. The van der Waals surface area contributed by atoms with Crippen molar-refractivity contribution in [1.29, 1.82) is 0 Å². The zero-order chi connectivity index (χ0) is 13.8. The quantitative estimate of drug-likeness (QED) is 0.698. The molecule has 3 heteroatoms. The van der Waals surface area contributed by atoms with Crippen LogP contribution >= 0.6 is 0 Å². The number of ether oxygens (including phenoxy) is 3. The first kappa shape index (κ1) is 14.8. The van der Waals surface area contributed by atoms with Crippen molar-refractivity contribution in [3.05, 3.63) is 0 Å². The topological polar surface area (TPSA) is 31.0 Å². The van der Waals surface area contributed by atoms with Crippen LogP contribution in [0.4, 0.5) is 0 Å². The Morgan fingerprint density at radius 3 is 2.25 bits per heavy atom. The van der Waals surface area contributed by atoms with Gasteiger partial charge in [-0.1, -0.05) is 25.7 Å². The smallest absolute Gasteiger partial charge is 0.104 e. The first-order valence-corrected chi connectivity index (χ1v) is 8.59. The van der Waals surface area contributed by atoms with Gasteiger partial charge in [-0.15, -0.1) is 0 Å². The molecule has 3 nitrogen and oxygen atoms in total. The summed E-state index contributed by atoms with van der Waals surface area (Å²) in [6.07, 6.45) is 13.5. The zero-order valence-electron chi connectivity index (χ0n) is 12.9. The number of hydrogen-bond donors (Lipinski definition) is 0. The minimum absolute atomic E-state index is 0.413. The van der Waals surface area contributed by atoms with Crippen LogP contribution in [0.2, 0.25) is 0 Å². The Balaban J connectivity index is 1.39. The summed E-state index contributed by atoms with van der Waals surface area (Å²) in [4.78, 5) is 0. The van der Waals surface area contributed by atoms with Crippen LogP contribution in [0.3, 0.4) is 0 Å². The monoisotopic (exact) mass is 282 g/mol. The first-order chi connectivity index (χ1) is 9.83. The Kier molecular flexibility index (Phi) is 5.36. The average Bonchev–Trinajstić information content (AvgIpc) is 3.30. The van der Waals surface area contributed by atoms with Crippen LogP contribution in [0.15, 0.2) is 0 Å². The Morgan fingerprint density at radius 1 is 0.950 bits per heavy atom. The van der Waals surface area contributed by atoms with Crippen molar-refractivity contribution in [2.24, 2.45) is 11.8 Å². The molecule has 0 aromatic carbocycles. The van der Waals surface area contributed by atoms with Gasteiger partial charge < -0.3 is 14.2 Å². The fourth-order valence-corrected chi connectivity index (χ4v) is 4.16. The second kappa shape index (κ2) is 7.24. The number of hydrogen-bond acceptors (Lipinski definition) is 3. The molecule has 0 bridgehead atoms. The predicted molar refractivity (Wildman–Crippen MR) is 78.8 cm³/mol. The molecule has 0 N–H and O–H groups in total. The van der Waals surface area contributed by atoms with Crippen LogP contribution < -0.4 is 0 Å². The lowest BCUT2D eigenvalue weighted by molar-refractivity contribution is -0.00288. The van der Waals surface area contributed by atoms with Crippen LogP contribution in [-0.4, -0.2) is 38.6 Å². The first-order valence-electron chi connectivity index (χ1n) is 8.59. The van der Waals surface area contributed by atoms with Crippen molar-refractivity contribution in [1.82, 2.24) is 0 Å². The number of rotatable bonds is 6. The van der Waals surface area contributed by atoms with Crippen molar-refractivity contribution in [3.63, 3.8) is 0 Å². The molecule has 0 spiro atoms. The van der Waals surface area contributed by atoms with Crippen LogP contribution in [0.1, 0.15) is 57.8 Å². The highest BCUT2D eigenvalue weighted by Gasteiger charge is 2.30. The van der Waals surface area contributed by atoms with Gasteiger partial charge in [0.25, 0.3) is 0 Å². The molecule has 1 saturated heterocycles. The molecule has 1 aliphatic heterocycles. The van der Waals surface area contributed by atoms with E-state index in [0.29, 0.717) is 18.3 Å². The highest BCUT2D eigenvalue weighted by Crippen LogP contribution is 2.36. The molecule has 5 atom stereocenters. The zero-order valence-corrected chi connectivity index (χ0v) is 12.9. The third-order valence-electron chi connectivity index (χ3n) is 5.39. The van der Waals surface area contributed by atoms with Gasteiger partial charge in [0.15, 0.2) is 0 Å². The van der Waals surface area contributed by atoms with E-state index >= 15 is 0 Å². The summed E-state index contributed by atoms with van der Waals surface area (Å²) in [6, 6.07) is 0. The van der Waals surface area contributed by atoms with Gasteiger partial charge in [-0.2, -0.15) is 0 Å². The van der Waals surface area contributed by atoms with Gasteiger partial charge in [-0.05, 0) is 43.9 Å². The molecule has 1 heterocycles. The van der Waals surface area contributed by atoms with Gasteiger partial charge in [0, 0.05) is 7.11 Å². The van der Waals surface area contributed by atoms with Gasteiger partial charge in [0.1, 0.15) is 6.10 Å². The van der Waals surface area contributed by atoms with Gasteiger partial charge in [0.2, 0.25) is 0 Å². The molecular formula is C17H30O3. The molecule has 0 amide bonds. The van der Waals surface area contributed by atoms with Crippen LogP contribution in [0.25, 0.3) is 0 Å². The lowest BCUT2D eigenvalue weighted by atomic mass is 9.76. The number of methoxy groups -OCH3 is 1. The Hall–Kier alpha value is -0.120. The summed E-state index contributed by atoms with van der Waals surface area (Å²) in [5, 5.41) is 0. The van der Waals surface area contributed by atoms with E-state index in [-0.39, 0.29) is 0 Å². The standard InChI is InChI=1S/C17H30O3/c1-18-15-6-2-4-13(9-15)8-14-5-3-7-16(10-14)19-11-17-12-20-17/h13-17H,2-12H2,1H3. The van der Waals surface area contributed by atoms with Crippen molar-refractivity contribution < 1.29 is 14.2 Å². The van der Waals surface area contributed by atoms with E-state index in [2.05, 4.69) is 0 Å². The molecule has 0 aromatic rings. The molecule has 0 radical (unpaired) electrons. The molecule has 2 aliphatic carbocycles. The number of epoxide rings is 1. The molecule has 116 valence electrons. The largest absolute Gasteiger partial charge is 0.381 e. The van der Waals surface area contributed by atoms with Crippen LogP contribution in [-0.2, 0) is 14.2 Å². The summed E-state index contributed by atoms with van der Waals surface area (Å²) in [7, 11) is 1.87. The molecule has 3 rings (SSSR count). The second-order valence-electron chi connectivity index (χ2n) is 7.07. The minimum atomic E-state index is 0.413. The van der Waals surface area contributed by atoms with Gasteiger partial charge in [0.05, 0.1) is 25.4 Å². The summed E-state index contributed by atoms with van der Waals surface area (Å²) in [6.45, 7) is 1.74. The maximum Gasteiger partial charge on any atom is 0.104 e. The Morgan fingerprint density at radius 2 is 1.60 bits per heavy atom. The maximum atomic E-state index is 6.02. The molecule has 3 fully saturated rings. The maximum absolute atomic E-state index is 6.02. The van der Waals surface area contributed by atoms with Crippen LogP contribution in [0, 0.1) is 11.8 Å². The average molecular weight is 282 g/mol. The third kappa shape index (κ3) is 4.44. The molecule has 2 saturated carbocycles. The highest BCUT2D eigenvalue weighted by atomic mass is 16.6. The predicted octanol–water partition coefficient (Wildman–Crippen LogP) is 3.56. The van der Waals surface area contributed by atoms with E-state index in [0.717, 1.165) is 25.0 Å². The van der Waals surface area contributed by atoms with E-state index in [1.807, 2.05) is 7.11 Å². The van der Waals surface area contributed by atoms with E-state index in [1.165, 1.54) is 57.8 Å².